The normalized spacial score (nSPS) is 49.3. The summed E-state index contributed by atoms with van der Waals surface area (Å²) in [6.07, 6.45) is 2.08. The van der Waals surface area contributed by atoms with E-state index in [4.69, 9.17) is 0 Å². The molecule has 2 heteroatoms. The maximum atomic E-state index is 3.44. The summed E-state index contributed by atoms with van der Waals surface area (Å²) >= 11 is 0. The first-order chi connectivity index (χ1) is 4.33. The van der Waals surface area contributed by atoms with Crippen molar-refractivity contribution in [2.45, 2.75) is 25.6 Å². The molecule has 9 heavy (non-hydrogen) atoms. The lowest BCUT2D eigenvalue weighted by molar-refractivity contribution is 0.319. The lowest BCUT2D eigenvalue weighted by atomic mass is 10.1. The van der Waals surface area contributed by atoms with Gasteiger partial charge in [-0.2, -0.15) is 0 Å². The monoisotopic (exact) mass is 126 g/mol. The molecule has 2 heterocycles. The number of nitrogens with one attached hydrogen (secondary N) is 1. The van der Waals surface area contributed by atoms with Crippen molar-refractivity contribution in [3.63, 3.8) is 0 Å². The maximum absolute atomic E-state index is 3.44. The minimum Gasteiger partial charge on any atom is -0.294 e. The third-order valence-corrected chi connectivity index (χ3v) is 2.62. The number of fused-ring (bicyclic) bond motifs is 1. The van der Waals surface area contributed by atoms with Gasteiger partial charge >= 0.3 is 0 Å². The molecule has 0 aliphatic carbocycles. The van der Waals surface area contributed by atoms with Gasteiger partial charge in [0.15, 0.2) is 0 Å². The van der Waals surface area contributed by atoms with Gasteiger partial charge in [-0.1, -0.05) is 13.3 Å². The molecule has 0 bridgehead atoms. The van der Waals surface area contributed by atoms with E-state index in [1.807, 2.05) is 0 Å². The smallest absolute Gasteiger partial charge is 0.0760 e. The van der Waals surface area contributed by atoms with Crippen LogP contribution in [0, 0.1) is 5.92 Å². The molecule has 0 aromatic carbocycles. The van der Waals surface area contributed by atoms with Crippen LogP contribution in [-0.4, -0.2) is 30.7 Å². The van der Waals surface area contributed by atoms with Crippen molar-refractivity contribution in [3.8, 4) is 0 Å². The first-order valence-corrected chi connectivity index (χ1v) is 3.79. The van der Waals surface area contributed by atoms with Crippen molar-refractivity contribution in [1.29, 1.82) is 0 Å². The van der Waals surface area contributed by atoms with Crippen LogP contribution in [0.5, 0.6) is 0 Å². The highest BCUT2D eigenvalue weighted by molar-refractivity contribution is 5.07. The molecule has 3 unspecified atom stereocenters. The number of hydrogen-bond donors (Lipinski definition) is 1. The second-order valence-corrected chi connectivity index (χ2v) is 3.25. The van der Waals surface area contributed by atoms with E-state index in [1.165, 1.54) is 13.0 Å². The van der Waals surface area contributed by atoms with Crippen molar-refractivity contribution < 1.29 is 0 Å². The zero-order valence-corrected chi connectivity index (χ0v) is 6.09. The van der Waals surface area contributed by atoms with Gasteiger partial charge in [-0.15, -0.1) is 0 Å². The third kappa shape index (κ3) is 0.700. The van der Waals surface area contributed by atoms with Crippen molar-refractivity contribution in [3.05, 3.63) is 0 Å². The number of likely N-dealkylation sites (N-methyl/N-ethyl adjacent to an activating group) is 1. The van der Waals surface area contributed by atoms with Gasteiger partial charge in [0.25, 0.3) is 0 Å². The summed E-state index contributed by atoms with van der Waals surface area (Å²) in [6.45, 7) is 3.58. The fourth-order valence-electron chi connectivity index (χ4n) is 1.92. The van der Waals surface area contributed by atoms with Crippen LogP contribution in [-0.2, 0) is 0 Å². The van der Waals surface area contributed by atoms with E-state index in [1.54, 1.807) is 0 Å². The van der Waals surface area contributed by atoms with E-state index in [0.29, 0.717) is 0 Å². The highest BCUT2D eigenvalue weighted by atomic mass is 15.4. The summed E-state index contributed by atoms with van der Waals surface area (Å²) in [7, 11) is 2.20. The first-order valence-electron chi connectivity index (χ1n) is 3.79. The highest BCUT2D eigenvalue weighted by Crippen LogP contribution is 2.32. The Bertz CT molecular complexity index is 124. The average Bonchev–Trinajstić information content (AvgIpc) is 2.56. The van der Waals surface area contributed by atoms with Crippen LogP contribution in [0.2, 0.25) is 0 Å². The lowest BCUT2D eigenvalue weighted by Gasteiger charge is -2.12. The molecule has 0 spiro atoms. The van der Waals surface area contributed by atoms with Crippen molar-refractivity contribution in [1.82, 2.24) is 10.2 Å². The van der Waals surface area contributed by atoms with Gasteiger partial charge in [0.1, 0.15) is 0 Å². The second kappa shape index (κ2) is 1.70. The zero-order chi connectivity index (χ0) is 6.43. The van der Waals surface area contributed by atoms with Crippen molar-refractivity contribution in [2.24, 2.45) is 5.92 Å². The van der Waals surface area contributed by atoms with Crippen LogP contribution < -0.4 is 5.32 Å². The SMILES string of the molecule is CCC1CN(C)C2NC12. The van der Waals surface area contributed by atoms with Crippen LogP contribution in [0.1, 0.15) is 13.3 Å². The Morgan fingerprint density at radius 1 is 1.67 bits per heavy atom. The molecule has 52 valence electrons. The summed E-state index contributed by atoms with van der Waals surface area (Å²) in [6, 6.07) is 0.847. The molecule has 0 aromatic heterocycles. The first kappa shape index (κ1) is 5.69. The molecule has 0 radical (unpaired) electrons. The summed E-state index contributed by atoms with van der Waals surface area (Å²) in [5.41, 5.74) is 0. The second-order valence-electron chi connectivity index (χ2n) is 3.25. The van der Waals surface area contributed by atoms with Gasteiger partial charge in [0, 0.05) is 12.6 Å². The highest BCUT2D eigenvalue weighted by Gasteiger charge is 2.50. The van der Waals surface area contributed by atoms with E-state index in [2.05, 4.69) is 24.2 Å². The van der Waals surface area contributed by atoms with Gasteiger partial charge in [-0.05, 0) is 13.0 Å². The molecule has 2 nitrogen and oxygen atoms in total. The molecule has 2 aliphatic heterocycles. The zero-order valence-electron chi connectivity index (χ0n) is 6.09. The molecule has 0 saturated carbocycles. The topological polar surface area (TPSA) is 25.2 Å². The van der Waals surface area contributed by atoms with E-state index < -0.39 is 0 Å². The average molecular weight is 126 g/mol. The van der Waals surface area contributed by atoms with Crippen molar-refractivity contribution in [2.75, 3.05) is 13.6 Å². The molecule has 1 N–H and O–H groups in total. The quantitative estimate of drug-likeness (QED) is 0.510. The third-order valence-electron chi connectivity index (χ3n) is 2.62. The number of rotatable bonds is 1. The molecule has 2 rings (SSSR count). The van der Waals surface area contributed by atoms with Gasteiger partial charge in [0.05, 0.1) is 6.17 Å². The largest absolute Gasteiger partial charge is 0.294 e. The number of likely N-dealkylation sites (tertiary alicyclic amines) is 1. The summed E-state index contributed by atoms with van der Waals surface area (Å²) < 4.78 is 0. The van der Waals surface area contributed by atoms with E-state index >= 15 is 0 Å². The molecular formula is C7H14N2. The standard InChI is InChI=1S/C7H14N2/c1-3-5-4-9(2)7-6(5)8-7/h5-8H,3-4H2,1-2H3. The Morgan fingerprint density at radius 2 is 2.44 bits per heavy atom. The Hall–Kier alpha value is -0.0800. The summed E-state index contributed by atoms with van der Waals surface area (Å²) in [4.78, 5) is 2.42. The minimum atomic E-state index is 0.745. The van der Waals surface area contributed by atoms with E-state index in [-0.39, 0.29) is 0 Å². The maximum Gasteiger partial charge on any atom is 0.0760 e. The molecular weight excluding hydrogens is 112 g/mol. The Labute approximate surface area is 56.2 Å². The molecule has 0 amide bonds. The lowest BCUT2D eigenvalue weighted by Crippen LogP contribution is -2.25. The molecule has 2 aliphatic rings. The fourth-order valence-corrected chi connectivity index (χ4v) is 1.92. The van der Waals surface area contributed by atoms with Gasteiger partial charge in [0.2, 0.25) is 0 Å². The van der Waals surface area contributed by atoms with E-state index in [9.17, 15) is 0 Å². The van der Waals surface area contributed by atoms with Gasteiger partial charge in [-0.3, -0.25) is 10.2 Å². The molecule has 3 atom stereocenters. The Morgan fingerprint density at radius 3 is 2.67 bits per heavy atom. The number of hydrogen-bond acceptors (Lipinski definition) is 2. The summed E-state index contributed by atoms with van der Waals surface area (Å²) in [5.74, 6) is 0.931. The van der Waals surface area contributed by atoms with E-state index in [0.717, 1.165) is 18.1 Å². The van der Waals surface area contributed by atoms with Crippen LogP contribution >= 0.6 is 0 Å². The van der Waals surface area contributed by atoms with Crippen LogP contribution in [0.3, 0.4) is 0 Å². The molecule has 0 aromatic rings. The van der Waals surface area contributed by atoms with Gasteiger partial charge in [-0.25, -0.2) is 0 Å². The fraction of sp³-hybridized carbons (Fsp3) is 1.00. The Balaban J connectivity index is 2.00. The molecule has 2 saturated heterocycles. The van der Waals surface area contributed by atoms with Gasteiger partial charge < -0.3 is 0 Å². The van der Waals surface area contributed by atoms with Crippen LogP contribution in [0.25, 0.3) is 0 Å². The predicted molar refractivity (Wildman–Crippen MR) is 37.1 cm³/mol. The summed E-state index contributed by atoms with van der Waals surface area (Å²) in [5, 5.41) is 3.44. The van der Waals surface area contributed by atoms with Crippen LogP contribution in [0.4, 0.5) is 0 Å². The molecule has 2 fully saturated rings. The van der Waals surface area contributed by atoms with Crippen LogP contribution in [0.15, 0.2) is 0 Å². The van der Waals surface area contributed by atoms with Crippen molar-refractivity contribution >= 4 is 0 Å². The Kier molecular flexibility index (Phi) is 1.08. The minimum absolute atomic E-state index is 0.745. The predicted octanol–water partition coefficient (Wildman–Crippen LogP) is 0.256. The number of nitrogens with zero attached hydrogens (tertiary/aromatic N) is 1.